The molecule has 1 heterocycles. The van der Waals surface area contributed by atoms with Crippen molar-refractivity contribution < 1.29 is 9.94 Å². The minimum Gasteiger partial charge on any atom is -0.375 e. The number of rotatable bonds is 1. The van der Waals surface area contributed by atoms with Crippen LogP contribution in [0.2, 0.25) is 0 Å². The van der Waals surface area contributed by atoms with Gasteiger partial charge in [0.2, 0.25) is 0 Å². The maximum Gasteiger partial charge on any atom is 0.0973 e. The zero-order chi connectivity index (χ0) is 10.0. The van der Waals surface area contributed by atoms with Crippen LogP contribution in [-0.2, 0) is 4.74 Å². The first-order valence-electron chi connectivity index (χ1n) is 5.26. The Labute approximate surface area is 84.4 Å². The van der Waals surface area contributed by atoms with Gasteiger partial charge in [-0.25, -0.2) is 0 Å². The van der Waals surface area contributed by atoms with E-state index in [-0.39, 0.29) is 6.10 Å². The molecule has 78 valence electrons. The summed E-state index contributed by atoms with van der Waals surface area (Å²) in [7, 11) is 0. The molecule has 2 rings (SSSR count). The van der Waals surface area contributed by atoms with Gasteiger partial charge in [0.25, 0.3) is 0 Å². The molecule has 0 aromatic rings. The molecular formula is C11H17NO2. The van der Waals surface area contributed by atoms with Gasteiger partial charge in [0.15, 0.2) is 0 Å². The Morgan fingerprint density at radius 2 is 2.43 bits per heavy atom. The van der Waals surface area contributed by atoms with Crippen LogP contribution in [0.1, 0.15) is 32.1 Å². The lowest BCUT2D eigenvalue weighted by Gasteiger charge is -2.46. The van der Waals surface area contributed by atoms with Crippen molar-refractivity contribution in [3.05, 3.63) is 17.9 Å². The molecule has 1 saturated carbocycles. The summed E-state index contributed by atoms with van der Waals surface area (Å²) in [4.78, 5) is 0. The minimum atomic E-state index is -0.391. The zero-order valence-electron chi connectivity index (χ0n) is 8.38. The van der Waals surface area contributed by atoms with E-state index in [1.165, 1.54) is 6.42 Å². The second-order valence-electron chi connectivity index (χ2n) is 4.09. The van der Waals surface area contributed by atoms with Crippen molar-refractivity contribution in [2.24, 2.45) is 0 Å². The van der Waals surface area contributed by atoms with Crippen LogP contribution in [0, 0.1) is 0 Å². The third kappa shape index (κ3) is 1.33. The van der Waals surface area contributed by atoms with E-state index >= 15 is 0 Å². The van der Waals surface area contributed by atoms with E-state index in [0.717, 1.165) is 37.9 Å². The number of hydrogen-bond acceptors (Lipinski definition) is 3. The second kappa shape index (κ2) is 3.87. The van der Waals surface area contributed by atoms with Crippen molar-refractivity contribution in [1.29, 1.82) is 0 Å². The van der Waals surface area contributed by atoms with Crippen molar-refractivity contribution in [3.63, 3.8) is 0 Å². The molecule has 3 nitrogen and oxygen atoms in total. The quantitative estimate of drug-likeness (QED) is 0.495. The van der Waals surface area contributed by atoms with Crippen molar-refractivity contribution in [1.82, 2.24) is 5.48 Å². The summed E-state index contributed by atoms with van der Waals surface area (Å²) in [5, 5.41) is 9.36. The highest BCUT2D eigenvalue weighted by Crippen LogP contribution is 2.39. The minimum absolute atomic E-state index is 0.0965. The van der Waals surface area contributed by atoms with Crippen LogP contribution in [0.4, 0.5) is 0 Å². The van der Waals surface area contributed by atoms with Crippen LogP contribution in [0.15, 0.2) is 17.9 Å². The van der Waals surface area contributed by atoms with Gasteiger partial charge in [-0.2, -0.15) is 5.48 Å². The molecule has 0 aromatic heterocycles. The average Bonchev–Trinajstić information content (AvgIpc) is 2.27. The maximum absolute atomic E-state index is 9.36. The monoisotopic (exact) mass is 195 g/mol. The van der Waals surface area contributed by atoms with Crippen LogP contribution in [0.25, 0.3) is 0 Å². The number of hydrogen-bond donors (Lipinski definition) is 2. The lowest BCUT2D eigenvalue weighted by Crippen LogP contribution is -2.59. The molecule has 2 fully saturated rings. The summed E-state index contributed by atoms with van der Waals surface area (Å²) in [6.45, 7) is 4.43. The Hall–Kier alpha value is -0.600. The smallest absolute Gasteiger partial charge is 0.0973 e. The standard InChI is InChI=1S/C11H17NO2/c1-2-9-6-8-14-10-5-3-4-7-11(9,10)12-13/h10,12-13H,1,3-8H2/t10-,11+/m0/s1. The third-order valence-corrected chi connectivity index (χ3v) is 3.46. The molecular weight excluding hydrogens is 178 g/mol. The molecule has 1 saturated heterocycles. The van der Waals surface area contributed by atoms with Crippen LogP contribution < -0.4 is 5.48 Å². The fraction of sp³-hybridized carbons (Fsp3) is 0.727. The van der Waals surface area contributed by atoms with E-state index < -0.39 is 5.54 Å². The molecule has 2 N–H and O–H groups in total. The van der Waals surface area contributed by atoms with Crippen LogP contribution >= 0.6 is 0 Å². The van der Waals surface area contributed by atoms with Gasteiger partial charge in [-0.05, 0) is 18.4 Å². The molecule has 14 heavy (non-hydrogen) atoms. The lowest BCUT2D eigenvalue weighted by atomic mass is 9.72. The average molecular weight is 195 g/mol. The summed E-state index contributed by atoms with van der Waals surface area (Å²) in [6, 6.07) is 0. The Morgan fingerprint density at radius 3 is 3.14 bits per heavy atom. The predicted molar refractivity (Wildman–Crippen MR) is 53.1 cm³/mol. The lowest BCUT2D eigenvalue weighted by molar-refractivity contribution is -0.0922. The Morgan fingerprint density at radius 1 is 1.57 bits per heavy atom. The van der Waals surface area contributed by atoms with Gasteiger partial charge >= 0.3 is 0 Å². The van der Waals surface area contributed by atoms with Gasteiger partial charge in [0.05, 0.1) is 18.2 Å². The van der Waals surface area contributed by atoms with Crippen LogP contribution in [0.5, 0.6) is 0 Å². The van der Waals surface area contributed by atoms with E-state index in [4.69, 9.17) is 4.74 Å². The number of nitrogens with one attached hydrogen (secondary N) is 1. The summed E-state index contributed by atoms with van der Waals surface area (Å²) in [5.41, 5.74) is 6.10. The first-order valence-corrected chi connectivity index (χ1v) is 5.26. The summed E-state index contributed by atoms with van der Waals surface area (Å²) in [5.74, 6) is 0. The maximum atomic E-state index is 9.36. The molecule has 0 amide bonds. The van der Waals surface area contributed by atoms with Crippen molar-refractivity contribution in [2.45, 2.75) is 43.7 Å². The first kappa shape index (κ1) is 9.94. The number of hydroxylamine groups is 1. The van der Waals surface area contributed by atoms with E-state index in [0.29, 0.717) is 0 Å². The molecule has 2 atom stereocenters. The normalized spacial score (nSPS) is 37.5. The van der Waals surface area contributed by atoms with Crippen molar-refractivity contribution in [3.8, 4) is 0 Å². The Bertz CT molecular complexity index is 268. The van der Waals surface area contributed by atoms with E-state index in [9.17, 15) is 5.21 Å². The van der Waals surface area contributed by atoms with Crippen molar-refractivity contribution in [2.75, 3.05) is 6.61 Å². The molecule has 1 aliphatic heterocycles. The van der Waals surface area contributed by atoms with Crippen LogP contribution in [-0.4, -0.2) is 23.5 Å². The molecule has 1 aliphatic carbocycles. The number of fused-ring (bicyclic) bond motifs is 1. The van der Waals surface area contributed by atoms with Gasteiger partial charge in [-0.15, -0.1) is 5.73 Å². The van der Waals surface area contributed by atoms with Crippen molar-refractivity contribution >= 4 is 0 Å². The zero-order valence-corrected chi connectivity index (χ0v) is 8.38. The molecule has 3 heteroatoms. The topological polar surface area (TPSA) is 41.5 Å². The predicted octanol–water partition coefficient (Wildman–Crippen LogP) is 1.78. The fourth-order valence-corrected chi connectivity index (χ4v) is 2.68. The first-order chi connectivity index (χ1) is 6.83. The largest absolute Gasteiger partial charge is 0.375 e. The molecule has 2 aliphatic rings. The summed E-state index contributed by atoms with van der Waals surface area (Å²) < 4.78 is 5.70. The molecule has 0 spiro atoms. The van der Waals surface area contributed by atoms with Gasteiger partial charge in [0.1, 0.15) is 0 Å². The van der Waals surface area contributed by atoms with E-state index in [1.54, 1.807) is 0 Å². The highest BCUT2D eigenvalue weighted by Gasteiger charge is 2.46. The fourth-order valence-electron chi connectivity index (χ4n) is 2.68. The Kier molecular flexibility index (Phi) is 2.75. The molecule has 0 aromatic carbocycles. The highest BCUT2D eigenvalue weighted by atomic mass is 16.5. The summed E-state index contributed by atoms with van der Waals surface area (Å²) >= 11 is 0. The molecule has 0 radical (unpaired) electrons. The van der Waals surface area contributed by atoms with E-state index in [2.05, 4.69) is 17.8 Å². The van der Waals surface area contributed by atoms with Gasteiger partial charge in [-0.1, -0.05) is 19.4 Å². The highest BCUT2D eigenvalue weighted by molar-refractivity contribution is 5.24. The Balaban J connectivity index is 2.33. The second-order valence-corrected chi connectivity index (χ2v) is 4.09. The molecule has 0 bridgehead atoms. The SMILES string of the molecule is C=C=C1CCO[C@H]2CCCC[C@@]12NO. The third-order valence-electron chi connectivity index (χ3n) is 3.46. The number of ether oxygens (including phenoxy) is 1. The van der Waals surface area contributed by atoms with Gasteiger partial charge < -0.3 is 9.94 Å². The van der Waals surface area contributed by atoms with Crippen LogP contribution in [0.3, 0.4) is 0 Å². The molecule has 0 unspecified atom stereocenters. The van der Waals surface area contributed by atoms with Gasteiger partial charge in [0, 0.05) is 6.42 Å². The summed E-state index contributed by atoms with van der Waals surface area (Å²) in [6.07, 6.45) is 5.16. The van der Waals surface area contributed by atoms with Gasteiger partial charge in [-0.3, -0.25) is 0 Å². The van der Waals surface area contributed by atoms with E-state index in [1.807, 2.05) is 0 Å².